The van der Waals surface area contributed by atoms with Crippen LogP contribution >= 0.6 is 0 Å². The van der Waals surface area contributed by atoms with Gasteiger partial charge in [-0.15, -0.1) is 0 Å². The number of rotatable bonds is 5. The highest BCUT2D eigenvalue weighted by molar-refractivity contribution is 5.84. The van der Waals surface area contributed by atoms with Crippen molar-refractivity contribution in [1.29, 1.82) is 0 Å². The van der Waals surface area contributed by atoms with Crippen molar-refractivity contribution < 1.29 is 9.53 Å². The van der Waals surface area contributed by atoms with E-state index in [4.69, 9.17) is 4.74 Å². The fourth-order valence-electron chi connectivity index (χ4n) is 1.75. The number of hydrogen-bond donors (Lipinski definition) is 0. The SMILES string of the molecule is CCCC(C)(C)c1cnc(C(=O)OCC)nc1. The van der Waals surface area contributed by atoms with Crippen molar-refractivity contribution in [2.24, 2.45) is 0 Å². The van der Waals surface area contributed by atoms with E-state index >= 15 is 0 Å². The fraction of sp³-hybridized carbons (Fsp3) is 0.615. The van der Waals surface area contributed by atoms with Gasteiger partial charge in [0, 0.05) is 12.4 Å². The number of ether oxygens (including phenoxy) is 1. The molecule has 94 valence electrons. The lowest BCUT2D eigenvalue weighted by atomic mass is 9.82. The fourth-order valence-corrected chi connectivity index (χ4v) is 1.75. The second-order valence-corrected chi connectivity index (χ2v) is 4.65. The molecule has 17 heavy (non-hydrogen) atoms. The summed E-state index contributed by atoms with van der Waals surface area (Å²) in [5.41, 5.74) is 1.09. The van der Waals surface area contributed by atoms with E-state index in [1.54, 1.807) is 19.3 Å². The topological polar surface area (TPSA) is 52.1 Å². The summed E-state index contributed by atoms with van der Waals surface area (Å²) >= 11 is 0. The minimum Gasteiger partial charge on any atom is -0.460 e. The normalized spacial score (nSPS) is 11.3. The van der Waals surface area contributed by atoms with Crippen LogP contribution < -0.4 is 0 Å². The summed E-state index contributed by atoms with van der Waals surface area (Å²) in [6.07, 6.45) is 5.60. The van der Waals surface area contributed by atoms with Gasteiger partial charge in [-0.2, -0.15) is 0 Å². The molecule has 0 bridgehead atoms. The van der Waals surface area contributed by atoms with Crippen LogP contribution in [0.4, 0.5) is 0 Å². The van der Waals surface area contributed by atoms with Gasteiger partial charge in [0.25, 0.3) is 0 Å². The molecule has 0 saturated carbocycles. The van der Waals surface area contributed by atoms with E-state index in [9.17, 15) is 4.79 Å². The molecule has 0 aliphatic heterocycles. The Hall–Kier alpha value is -1.45. The molecule has 1 aromatic heterocycles. The lowest BCUT2D eigenvalue weighted by molar-refractivity contribution is 0.0511. The van der Waals surface area contributed by atoms with Crippen molar-refractivity contribution in [3.8, 4) is 0 Å². The van der Waals surface area contributed by atoms with Crippen molar-refractivity contribution in [2.75, 3.05) is 6.61 Å². The number of nitrogens with zero attached hydrogens (tertiary/aromatic N) is 2. The highest BCUT2D eigenvalue weighted by Crippen LogP contribution is 2.26. The molecular formula is C13H20N2O2. The molecule has 0 aromatic carbocycles. The summed E-state index contributed by atoms with van der Waals surface area (Å²) < 4.78 is 4.84. The Kier molecular flexibility index (Phi) is 4.61. The Morgan fingerprint density at radius 2 is 1.88 bits per heavy atom. The van der Waals surface area contributed by atoms with Crippen LogP contribution in [0, 0.1) is 0 Å². The first-order chi connectivity index (χ1) is 8.01. The average molecular weight is 236 g/mol. The monoisotopic (exact) mass is 236 g/mol. The molecular weight excluding hydrogens is 216 g/mol. The lowest BCUT2D eigenvalue weighted by Crippen LogP contribution is -2.19. The highest BCUT2D eigenvalue weighted by atomic mass is 16.5. The van der Waals surface area contributed by atoms with Gasteiger partial charge >= 0.3 is 5.97 Å². The van der Waals surface area contributed by atoms with E-state index in [0.29, 0.717) is 6.61 Å². The van der Waals surface area contributed by atoms with Crippen molar-refractivity contribution in [1.82, 2.24) is 9.97 Å². The summed E-state index contributed by atoms with van der Waals surface area (Å²) in [6.45, 7) is 8.55. The van der Waals surface area contributed by atoms with Crippen LogP contribution in [-0.2, 0) is 10.2 Å². The van der Waals surface area contributed by atoms with Crippen LogP contribution in [0.25, 0.3) is 0 Å². The van der Waals surface area contributed by atoms with Crippen molar-refractivity contribution in [3.63, 3.8) is 0 Å². The number of aromatic nitrogens is 2. The zero-order valence-electron chi connectivity index (χ0n) is 11.0. The Morgan fingerprint density at radius 1 is 1.29 bits per heavy atom. The van der Waals surface area contributed by atoms with Gasteiger partial charge in [0.2, 0.25) is 5.82 Å². The Morgan fingerprint density at radius 3 is 2.35 bits per heavy atom. The predicted octanol–water partition coefficient (Wildman–Crippen LogP) is 2.73. The van der Waals surface area contributed by atoms with Crippen LogP contribution in [0.2, 0.25) is 0 Å². The standard InChI is InChI=1S/C13H20N2O2/c1-5-7-13(3,4)10-8-14-11(15-9-10)12(16)17-6-2/h8-9H,5-7H2,1-4H3. The second kappa shape index (κ2) is 5.75. The summed E-state index contributed by atoms with van der Waals surface area (Å²) in [6, 6.07) is 0. The first kappa shape index (κ1) is 13.6. The van der Waals surface area contributed by atoms with Gasteiger partial charge in [0.1, 0.15) is 0 Å². The Labute approximate surface area is 102 Å². The molecule has 4 nitrogen and oxygen atoms in total. The highest BCUT2D eigenvalue weighted by Gasteiger charge is 2.21. The Bertz CT molecular complexity index is 372. The number of carbonyl (C=O) groups excluding carboxylic acids is 1. The van der Waals surface area contributed by atoms with Gasteiger partial charge in [-0.1, -0.05) is 27.2 Å². The van der Waals surface area contributed by atoms with E-state index in [1.807, 2.05) is 0 Å². The van der Waals surface area contributed by atoms with Crippen LogP contribution in [0.1, 0.15) is 56.7 Å². The summed E-state index contributed by atoms with van der Waals surface area (Å²) in [7, 11) is 0. The van der Waals surface area contributed by atoms with Gasteiger partial charge < -0.3 is 4.74 Å². The molecule has 0 radical (unpaired) electrons. The molecule has 1 aromatic rings. The molecule has 0 N–H and O–H groups in total. The van der Waals surface area contributed by atoms with Crippen LogP contribution in [0.15, 0.2) is 12.4 Å². The summed E-state index contributed by atoms with van der Waals surface area (Å²) in [5.74, 6) is -0.338. The third-order valence-corrected chi connectivity index (χ3v) is 2.77. The minimum absolute atomic E-state index is 0.0436. The molecule has 0 aliphatic carbocycles. The van der Waals surface area contributed by atoms with Crippen molar-refractivity contribution >= 4 is 5.97 Å². The maximum Gasteiger partial charge on any atom is 0.376 e. The summed E-state index contributed by atoms with van der Waals surface area (Å²) in [5, 5.41) is 0. The molecule has 0 saturated heterocycles. The smallest absolute Gasteiger partial charge is 0.376 e. The first-order valence-electron chi connectivity index (χ1n) is 6.01. The van der Waals surface area contributed by atoms with Gasteiger partial charge in [-0.25, -0.2) is 14.8 Å². The summed E-state index contributed by atoms with van der Waals surface area (Å²) in [4.78, 5) is 19.5. The average Bonchev–Trinajstić information content (AvgIpc) is 2.29. The zero-order valence-corrected chi connectivity index (χ0v) is 11.0. The van der Waals surface area contributed by atoms with E-state index < -0.39 is 5.97 Å². The molecule has 0 amide bonds. The molecule has 0 aliphatic rings. The van der Waals surface area contributed by atoms with Crippen LogP contribution in [-0.4, -0.2) is 22.5 Å². The first-order valence-corrected chi connectivity index (χ1v) is 6.01. The number of carbonyl (C=O) groups is 1. The van der Waals surface area contributed by atoms with Gasteiger partial charge in [0.15, 0.2) is 0 Å². The van der Waals surface area contributed by atoms with Crippen molar-refractivity contribution in [3.05, 3.63) is 23.8 Å². The number of hydrogen-bond acceptors (Lipinski definition) is 4. The van der Waals surface area contributed by atoms with Crippen LogP contribution in [0.3, 0.4) is 0 Å². The number of esters is 1. The maximum absolute atomic E-state index is 11.4. The van der Waals surface area contributed by atoms with Gasteiger partial charge in [-0.05, 0) is 24.3 Å². The molecule has 1 rings (SSSR count). The molecule has 4 heteroatoms. The van der Waals surface area contributed by atoms with E-state index in [0.717, 1.165) is 18.4 Å². The third kappa shape index (κ3) is 3.51. The minimum atomic E-state index is -0.465. The third-order valence-electron chi connectivity index (χ3n) is 2.77. The molecule has 0 atom stereocenters. The van der Waals surface area contributed by atoms with E-state index in [1.165, 1.54) is 0 Å². The second-order valence-electron chi connectivity index (χ2n) is 4.65. The molecule has 0 unspecified atom stereocenters. The Balaban J connectivity index is 2.84. The molecule has 0 fully saturated rings. The maximum atomic E-state index is 11.4. The van der Waals surface area contributed by atoms with Gasteiger partial charge in [0.05, 0.1) is 6.61 Å². The molecule has 1 heterocycles. The van der Waals surface area contributed by atoms with E-state index in [-0.39, 0.29) is 11.2 Å². The quantitative estimate of drug-likeness (QED) is 0.738. The van der Waals surface area contributed by atoms with Crippen LogP contribution in [0.5, 0.6) is 0 Å². The van der Waals surface area contributed by atoms with Crippen molar-refractivity contribution in [2.45, 2.75) is 46.0 Å². The van der Waals surface area contributed by atoms with E-state index in [2.05, 4.69) is 30.7 Å². The van der Waals surface area contributed by atoms with Gasteiger partial charge in [-0.3, -0.25) is 0 Å². The molecule has 0 spiro atoms. The lowest BCUT2D eigenvalue weighted by Gasteiger charge is -2.23. The zero-order chi connectivity index (χ0) is 12.9. The largest absolute Gasteiger partial charge is 0.460 e. The predicted molar refractivity (Wildman–Crippen MR) is 65.9 cm³/mol.